The molecule has 2 rings (SSSR count). The molecule has 6 unspecified atom stereocenters. The van der Waals surface area contributed by atoms with Crippen molar-refractivity contribution >= 4 is 0 Å². The smallest absolute Gasteiger partial charge is 0.187 e. The molecule has 0 aliphatic carbocycles. The third-order valence-corrected chi connectivity index (χ3v) is 4.36. The zero-order valence-electron chi connectivity index (χ0n) is 13.9. The molecular formula is C14H27NO11. The van der Waals surface area contributed by atoms with Crippen LogP contribution in [0.3, 0.4) is 0 Å². The monoisotopic (exact) mass is 385 g/mol. The number of rotatable bonds is 7. The van der Waals surface area contributed by atoms with Crippen molar-refractivity contribution in [1.29, 1.82) is 0 Å². The summed E-state index contributed by atoms with van der Waals surface area (Å²) in [5, 5.41) is 68.7. The summed E-state index contributed by atoms with van der Waals surface area (Å²) in [6.07, 6.45) is -14.7. The van der Waals surface area contributed by atoms with Gasteiger partial charge in [0.05, 0.1) is 19.8 Å². The molecule has 12 nitrogen and oxygen atoms in total. The Bertz CT molecular complexity index is 428. The highest BCUT2D eigenvalue weighted by Gasteiger charge is 2.50. The zero-order chi connectivity index (χ0) is 19.4. The number of hydrogen-bond acceptors (Lipinski definition) is 12. The van der Waals surface area contributed by atoms with Crippen molar-refractivity contribution in [3.8, 4) is 0 Å². The molecule has 0 aromatic carbocycles. The maximum Gasteiger partial charge on any atom is 0.187 e. The third-order valence-electron chi connectivity index (χ3n) is 4.36. The molecule has 0 amide bonds. The molecule has 2 heterocycles. The fourth-order valence-corrected chi connectivity index (χ4v) is 2.87. The number of hydrogen-bond donors (Lipinski definition) is 8. The highest BCUT2D eigenvalue weighted by Crippen LogP contribution is 2.29. The van der Waals surface area contributed by atoms with E-state index in [0.717, 1.165) is 0 Å². The van der Waals surface area contributed by atoms with Gasteiger partial charge >= 0.3 is 0 Å². The molecule has 0 aromatic rings. The van der Waals surface area contributed by atoms with Gasteiger partial charge in [0.25, 0.3) is 0 Å². The summed E-state index contributed by atoms with van der Waals surface area (Å²) in [4.78, 5) is 0. The van der Waals surface area contributed by atoms with E-state index in [4.69, 9.17) is 24.7 Å². The van der Waals surface area contributed by atoms with Crippen LogP contribution >= 0.6 is 0 Å². The van der Waals surface area contributed by atoms with E-state index in [1.54, 1.807) is 0 Å². The number of aliphatic hydroxyl groups is 7. The van der Waals surface area contributed by atoms with Crippen molar-refractivity contribution < 1.29 is 54.7 Å². The van der Waals surface area contributed by atoms with Crippen molar-refractivity contribution in [3.63, 3.8) is 0 Å². The fraction of sp³-hybridized carbons (Fsp3) is 1.00. The van der Waals surface area contributed by atoms with Crippen LogP contribution in [-0.2, 0) is 18.9 Å². The summed E-state index contributed by atoms with van der Waals surface area (Å²) < 4.78 is 21.1. The molecule has 2 saturated heterocycles. The molecule has 2 aliphatic heterocycles. The maximum absolute atomic E-state index is 10.3. The summed E-state index contributed by atoms with van der Waals surface area (Å²) in [7, 11) is 0. The average Bonchev–Trinajstić information content (AvgIpc) is 2.64. The van der Waals surface area contributed by atoms with Gasteiger partial charge in [-0.05, 0) is 0 Å². The van der Waals surface area contributed by atoms with Gasteiger partial charge in [-0.25, -0.2) is 0 Å². The molecule has 12 heteroatoms. The Morgan fingerprint density at radius 1 is 0.731 bits per heavy atom. The lowest BCUT2D eigenvalue weighted by atomic mass is 9.97. The highest BCUT2D eigenvalue weighted by molar-refractivity contribution is 4.94. The van der Waals surface area contributed by atoms with Gasteiger partial charge < -0.3 is 60.4 Å². The van der Waals surface area contributed by atoms with E-state index in [1.807, 2.05) is 0 Å². The molecule has 154 valence electrons. The second-order valence-corrected chi connectivity index (χ2v) is 6.16. The van der Waals surface area contributed by atoms with Gasteiger partial charge in [-0.1, -0.05) is 0 Å². The van der Waals surface area contributed by atoms with Crippen LogP contribution in [0.1, 0.15) is 0 Å². The molecule has 2 fully saturated rings. The molecule has 0 radical (unpaired) electrons. The van der Waals surface area contributed by atoms with Gasteiger partial charge in [-0.15, -0.1) is 0 Å². The van der Waals surface area contributed by atoms with E-state index in [-0.39, 0.29) is 13.2 Å². The number of nitrogens with two attached hydrogens (primary N) is 1. The van der Waals surface area contributed by atoms with E-state index in [1.165, 1.54) is 0 Å². The topological polar surface area (TPSA) is 205 Å². The van der Waals surface area contributed by atoms with Crippen LogP contribution in [0.5, 0.6) is 0 Å². The van der Waals surface area contributed by atoms with Crippen LogP contribution in [0.2, 0.25) is 0 Å². The normalized spacial score (nSPS) is 47.1. The summed E-state index contributed by atoms with van der Waals surface area (Å²) in [6.45, 7) is -1.10. The lowest BCUT2D eigenvalue weighted by Gasteiger charge is -2.45. The quantitative estimate of drug-likeness (QED) is 0.207. The summed E-state index contributed by atoms with van der Waals surface area (Å²) in [5.41, 5.74) is 5.33. The highest BCUT2D eigenvalue weighted by atomic mass is 16.7. The third kappa shape index (κ3) is 4.49. The minimum Gasteiger partial charge on any atom is -0.394 e. The molecule has 9 N–H and O–H groups in total. The first-order chi connectivity index (χ1) is 12.3. The van der Waals surface area contributed by atoms with Crippen molar-refractivity contribution in [2.45, 2.75) is 61.4 Å². The number of ether oxygens (including phenoxy) is 4. The van der Waals surface area contributed by atoms with Crippen molar-refractivity contribution in [3.05, 3.63) is 0 Å². The van der Waals surface area contributed by atoms with Crippen molar-refractivity contribution in [1.82, 2.24) is 0 Å². The predicted octanol–water partition coefficient (Wildman–Crippen LogP) is -5.41. The maximum atomic E-state index is 10.3. The van der Waals surface area contributed by atoms with Crippen LogP contribution in [0, 0.1) is 0 Å². The minimum atomic E-state index is -1.72. The van der Waals surface area contributed by atoms with Gasteiger partial charge in [0.15, 0.2) is 12.6 Å². The van der Waals surface area contributed by atoms with Gasteiger partial charge in [0, 0.05) is 6.54 Å². The van der Waals surface area contributed by atoms with E-state index in [2.05, 4.69) is 0 Å². The van der Waals surface area contributed by atoms with Crippen LogP contribution < -0.4 is 5.73 Å². The van der Waals surface area contributed by atoms with Gasteiger partial charge in [0.1, 0.15) is 48.8 Å². The summed E-state index contributed by atoms with van der Waals surface area (Å²) in [6, 6.07) is 0. The lowest BCUT2D eigenvalue weighted by Crippen LogP contribution is -2.64. The first kappa shape index (κ1) is 21.8. The van der Waals surface area contributed by atoms with Gasteiger partial charge in [-0.2, -0.15) is 0 Å². The Morgan fingerprint density at radius 2 is 1.31 bits per heavy atom. The van der Waals surface area contributed by atoms with Crippen molar-refractivity contribution in [2.75, 3.05) is 26.4 Å². The summed E-state index contributed by atoms with van der Waals surface area (Å²) >= 11 is 0. The first-order valence-corrected chi connectivity index (χ1v) is 8.25. The molecule has 0 saturated carbocycles. The Balaban J connectivity index is 2.13. The molecule has 26 heavy (non-hydrogen) atoms. The molecule has 0 aromatic heterocycles. The SMILES string of the molecule is NCCO[C@@H]1OC(CO)[C@H](O)C(O[C@H]2OC(CO)[C@H](O)C(O)C2O)C1O. The first-order valence-electron chi connectivity index (χ1n) is 8.25. The molecule has 0 spiro atoms. The predicted molar refractivity (Wildman–Crippen MR) is 81.4 cm³/mol. The average molecular weight is 385 g/mol. The van der Waals surface area contributed by atoms with E-state index in [0.29, 0.717) is 0 Å². The molecule has 2 aliphatic rings. The van der Waals surface area contributed by atoms with Crippen molar-refractivity contribution in [2.24, 2.45) is 5.73 Å². The molecular weight excluding hydrogens is 358 g/mol. The Labute approximate surface area is 149 Å². The zero-order valence-corrected chi connectivity index (χ0v) is 13.9. The van der Waals surface area contributed by atoms with Gasteiger partial charge in [0.2, 0.25) is 0 Å². The lowest BCUT2D eigenvalue weighted by molar-refractivity contribution is -0.359. The second kappa shape index (κ2) is 9.64. The molecule has 10 atom stereocenters. The van der Waals surface area contributed by atoms with E-state index < -0.39 is 74.6 Å². The largest absolute Gasteiger partial charge is 0.394 e. The Hall–Kier alpha value is -0.480. The Morgan fingerprint density at radius 3 is 1.88 bits per heavy atom. The van der Waals surface area contributed by atoms with Crippen LogP contribution in [0.15, 0.2) is 0 Å². The van der Waals surface area contributed by atoms with Crippen LogP contribution in [0.4, 0.5) is 0 Å². The summed E-state index contributed by atoms with van der Waals surface area (Å²) in [5.74, 6) is 0. The van der Waals surface area contributed by atoms with Crippen LogP contribution in [0.25, 0.3) is 0 Å². The van der Waals surface area contributed by atoms with Gasteiger partial charge in [-0.3, -0.25) is 0 Å². The van der Waals surface area contributed by atoms with E-state index in [9.17, 15) is 35.7 Å². The fourth-order valence-electron chi connectivity index (χ4n) is 2.87. The standard InChI is InChI=1S/C14H27NO11/c15-1-2-23-13-11(22)12(8(19)6(4-17)24-13)26-14-10(21)9(20)7(18)5(3-16)25-14/h5-14,16-22H,1-4,15H2/t5?,6?,7-,8-,9?,10?,11?,12?,13+,14+/m0/s1. The molecule has 0 bridgehead atoms. The minimum absolute atomic E-state index is 0.0305. The second-order valence-electron chi connectivity index (χ2n) is 6.16. The number of aliphatic hydroxyl groups excluding tert-OH is 7. The van der Waals surface area contributed by atoms with Crippen LogP contribution in [-0.4, -0.2) is 124 Å². The Kier molecular flexibility index (Phi) is 8.08. The van der Waals surface area contributed by atoms with E-state index >= 15 is 0 Å².